The molecule has 114 valence electrons. The molecule has 0 fully saturated rings. The van der Waals surface area contributed by atoms with Crippen molar-refractivity contribution in [3.05, 3.63) is 41.2 Å². The van der Waals surface area contributed by atoms with E-state index in [2.05, 4.69) is 5.92 Å². The molecule has 0 aliphatic carbocycles. The third kappa shape index (κ3) is 3.01. The van der Waals surface area contributed by atoms with Crippen molar-refractivity contribution in [2.75, 3.05) is 6.61 Å². The van der Waals surface area contributed by atoms with Crippen LogP contribution in [0.3, 0.4) is 0 Å². The smallest absolute Gasteiger partial charge is 0.346 e. The van der Waals surface area contributed by atoms with E-state index in [1.54, 1.807) is 13.8 Å². The zero-order valence-corrected chi connectivity index (χ0v) is 12.3. The molecule has 4 nitrogen and oxygen atoms in total. The van der Waals surface area contributed by atoms with Crippen LogP contribution in [0.1, 0.15) is 19.4 Å². The molecule has 0 bridgehead atoms. The minimum absolute atomic E-state index is 0.0950. The second-order valence-corrected chi connectivity index (χ2v) is 4.97. The van der Waals surface area contributed by atoms with E-state index in [4.69, 9.17) is 15.9 Å². The SMILES string of the molecule is C#CCOC(=O)C1=C(c2ccc(F)cc2)OC(C)C(C)C1=O. The number of ether oxygens (including phenoxy) is 2. The Morgan fingerprint density at radius 3 is 2.59 bits per heavy atom. The average Bonchev–Trinajstić information content (AvgIpc) is 2.50. The number of benzene rings is 1. The Bertz CT molecular complexity index is 667. The number of carbonyl (C=O) groups is 2. The summed E-state index contributed by atoms with van der Waals surface area (Å²) >= 11 is 0. The molecule has 1 aromatic carbocycles. The topological polar surface area (TPSA) is 52.6 Å². The second kappa shape index (κ2) is 6.44. The number of Topliss-reactive ketones (excluding diaryl/α,β-unsaturated/α-hetero) is 1. The summed E-state index contributed by atoms with van der Waals surface area (Å²) in [4.78, 5) is 24.5. The van der Waals surface area contributed by atoms with Gasteiger partial charge >= 0.3 is 5.97 Å². The molecule has 1 aromatic rings. The van der Waals surface area contributed by atoms with E-state index < -0.39 is 23.8 Å². The number of hydrogen-bond donors (Lipinski definition) is 0. The molecular weight excluding hydrogens is 287 g/mol. The van der Waals surface area contributed by atoms with Crippen molar-refractivity contribution in [2.45, 2.75) is 20.0 Å². The Hall–Kier alpha value is -2.61. The monoisotopic (exact) mass is 302 g/mol. The quantitative estimate of drug-likeness (QED) is 0.488. The Morgan fingerprint density at radius 2 is 2.00 bits per heavy atom. The average molecular weight is 302 g/mol. The van der Waals surface area contributed by atoms with Gasteiger partial charge in [0.15, 0.2) is 12.4 Å². The third-order valence-electron chi connectivity index (χ3n) is 3.49. The minimum Gasteiger partial charge on any atom is -0.488 e. The summed E-state index contributed by atoms with van der Waals surface area (Å²) in [5, 5.41) is 0. The molecule has 0 N–H and O–H groups in total. The maximum atomic E-state index is 13.1. The fraction of sp³-hybridized carbons (Fsp3) is 0.294. The lowest BCUT2D eigenvalue weighted by Crippen LogP contribution is -2.35. The van der Waals surface area contributed by atoms with Crippen molar-refractivity contribution in [3.8, 4) is 12.3 Å². The van der Waals surface area contributed by atoms with Crippen molar-refractivity contribution in [1.29, 1.82) is 0 Å². The summed E-state index contributed by atoms with van der Waals surface area (Å²) in [7, 11) is 0. The van der Waals surface area contributed by atoms with Crippen LogP contribution < -0.4 is 0 Å². The Morgan fingerprint density at radius 1 is 1.36 bits per heavy atom. The molecule has 0 aromatic heterocycles. The maximum absolute atomic E-state index is 13.1. The van der Waals surface area contributed by atoms with Crippen LogP contribution in [0, 0.1) is 24.1 Å². The van der Waals surface area contributed by atoms with Gasteiger partial charge in [-0.1, -0.05) is 12.8 Å². The number of hydrogen-bond acceptors (Lipinski definition) is 4. The van der Waals surface area contributed by atoms with Crippen molar-refractivity contribution in [2.24, 2.45) is 5.92 Å². The number of rotatable bonds is 3. The highest BCUT2D eigenvalue weighted by Crippen LogP contribution is 2.32. The number of halogens is 1. The highest BCUT2D eigenvalue weighted by molar-refractivity contribution is 6.23. The van der Waals surface area contributed by atoms with Gasteiger partial charge in [0.2, 0.25) is 0 Å². The molecule has 2 atom stereocenters. The standard InChI is InChI=1S/C17H15FO4/c1-4-9-21-17(20)14-15(19)10(2)11(3)22-16(14)12-5-7-13(18)8-6-12/h1,5-8,10-11H,9H2,2-3H3. The van der Waals surface area contributed by atoms with E-state index in [0.29, 0.717) is 5.56 Å². The van der Waals surface area contributed by atoms with E-state index in [1.165, 1.54) is 24.3 Å². The predicted molar refractivity (Wildman–Crippen MR) is 77.8 cm³/mol. The molecule has 0 amide bonds. The Labute approximate surface area is 127 Å². The van der Waals surface area contributed by atoms with Crippen LogP contribution in [0.2, 0.25) is 0 Å². The molecule has 1 aliphatic heterocycles. The highest BCUT2D eigenvalue weighted by Gasteiger charge is 2.38. The molecular formula is C17H15FO4. The van der Waals surface area contributed by atoms with Gasteiger partial charge < -0.3 is 9.47 Å². The fourth-order valence-electron chi connectivity index (χ4n) is 2.09. The molecule has 0 spiro atoms. The summed E-state index contributed by atoms with van der Waals surface area (Å²) in [6.45, 7) is 3.16. The molecule has 0 saturated heterocycles. The van der Waals surface area contributed by atoms with Crippen molar-refractivity contribution in [3.63, 3.8) is 0 Å². The number of ketones is 1. The molecule has 0 radical (unpaired) electrons. The van der Waals surface area contributed by atoms with Gasteiger partial charge in [-0.25, -0.2) is 9.18 Å². The lowest BCUT2D eigenvalue weighted by molar-refractivity contribution is -0.141. The molecule has 0 saturated carbocycles. The van der Waals surface area contributed by atoms with Gasteiger partial charge in [0.05, 0.1) is 5.92 Å². The normalized spacial score (nSPS) is 21.1. The van der Waals surface area contributed by atoms with Gasteiger partial charge in [-0.2, -0.15) is 0 Å². The van der Waals surface area contributed by atoms with Gasteiger partial charge in [0, 0.05) is 5.56 Å². The van der Waals surface area contributed by atoms with Crippen LogP contribution in [0.15, 0.2) is 29.8 Å². The molecule has 2 rings (SSSR count). The maximum Gasteiger partial charge on any atom is 0.346 e. The number of terminal acetylenes is 1. The van der Waals surface area contributed by atoms with Crippen molar-refractivity contribution < 1.29 is 23.5 Å². The largest absolute Gasteiger partial charge is 0.488 e. The summed E-state index contributed by atoms with van der Waals surface area (Å²) in [6, 6.07) is 5.33. The second-order valence-electron chi connectivity index (χ2n) is 4.97. The first-order chi connectivity index (χ1) is 10.5. The highest BCUT2D eigenvalue weighted by atomic mass is 19.1. The summed E-state index contributed by atoms with van der Waals surface area (Å²) in [5.74, 6) is 0.140. The number of esters is 1. The van der Waals surface area contributed by atoms with Gasteiger partial charge in [0.25, 0.3) is 0 Å². The summed E-state index contributed by atoms with van der Waals surface area (Å²) in [6.07, 6.45) is 4.65. The van der Waals surface area contributed by atoms with Crippen LogP contribution in [0.5, 0.6) is 0 Å². The van der Waals surface area contributed by atoms with Crippen molar-refractivity contribution in [1.82, 2.24) is 0 Å². The lowest BCUT2D eigenvalue weighted by atomic mass is 9.89. The lowest BCUT2D eigenvalue weighted by Gasteiger charge is -2.29. The Kier molecular flexibility index (Phi) is 4.62. The molecule has 1 heterocycles. The first-order valence-electron chi connectivity index (χ1n) is 6.77. The third-order valence-corrected chi connectivity index (χ3v) is 3.49. The van der Waals surface area contributed by atoms with Gasteiger partial charge in [-0.05, 0) is 31.2 Å². The molecule has 1 aliphatic rings. The molecule has 22 heavy (non-hydrogen) atoms. The zero-order chi connectivity index (χ0) is 16.3. The zero-order valence-electron chi connectivity index (χ0n) is 12.3. The van der Waals surface area contributed by atoms with Gasteiger partial charge in [-0.15, -0.1) is 6.42 Å². The van der Waals surface area contributed by atoms with E-state index in [1.807, 2.05) is 0 Å². The van der Waals surface area contributed by atoms with Crippen LogP contribution in [-0.2, 0) is 19.1 Å². The van der Waals surface area contributed by atoms with Crippen LogP contribution in [0.4, 0.5) is 4.39 Å². The molecule has 5 heteroatoms. The number of carbonyl (C=O) groups excluding carboxylic acids is 2. The van der Waals surface area contributed by atoms with E-state index in [0.717, 1.165) is 0 Å². The van der Waals surface area contributed by atoms with Crippen LogP contribution >= 0.6 is 0 Å². The van der Waals surface area contributed by atoms with Crippen LogP contribution in [-0.4, -0.2) is 24.5 Å². The van der Waals surface area contributed by atoms with E-state index in [-0.39, 0.29) is 23.7 Å². The Balaban J connectivity index is 2.51. The minimum atomic E-state index is -0.832. The van der Waals surface area contributed by atoms with Crippen LogP contribution in [0.25, 0.3) is 5.76 Å². The predicted octanol–water partition coefficient (Wildman–Crippen LogP) is 2.34. The van der Waals surface area contributed by atoms with E-state index >= 15 is 0 Å². The van der Waals surface area contributed by atoms with E-state index in [9.17, 15) is 14.0 Å². The first kappa shape index (κ1) is 15.8. The van der Waals surface area contributed by atoms with Crippen molar-refractivity contribution >= 4 is 17.5 Å². The summed E-state index contributed by atoms with van der Waals surface area (Å²) in [5.41, 5.74) is 0.244. The van der Waals surface area contributed by atoms with Gasteiger partial charge in [0.1, 0.15) is 23.3 Å². The first-order valence-corrected chi connectivity index (χ1v) is 6.77. The molecule has 2 unspecified atom stereocenters. The fourth-order valence-corrected chi connectivity index (χ4v) is 2.09. The van der Waals surface area contributed by atoms with Gasteiger partial charge in [-0.3, -0.25) is 4.79 Å². The summed E-state index contributed by atoms with van der Waals surface area (Å²) < 4.78 is 23.6.